The molecule has 2 heteroatoms. The zero-order valence-electron chi connectivity index (χ0n) is 3.67. The van der Waals surface area contributed by atoms with Crippen LogP contribution in [0.1, 0.15) is 0 Å². The van der Waals surface area contributed by atoms with E-state index in [1.54, 1.807) is 12.4 Å². The second-order valence-corrected chi connectivity index (χ2v) is 1.02. The second-order valence-electron chi connectivity index (χ2n) is 1.02. The first-order chi connectivity index (χ1) is 3.00. The summed E-state index contributed by atoms with van der Waals surface area (Å²) in [6.45, 7) is 0. The van der Waals surface area contributed by atoms with Crippen LogP contribution in [0.4, 0.5) is 0 Å². The Balaban J connectivity index is 0.000000360. The molecule has 0 aromatic carbocycles. The maximum Gasteiger partial charge on any atom is 0.0267 e. The molecular formula is C5H5CoN. The van der Waals surface area contributed by atoms with E-state index >= 15 is 0 Å². The molecule has 0 saturated heterocycles. The Hall–Kier alpha value is -0.344. The number of hydrogen-bond donors (Lipinski definition) is 0. The van der Waals surface area contributed by atoms with E-state index in [-0.39, 0.29) is 16.8 Å². The van der Waals surface area contributed by atoms with Gasteiger partial charge in [-0.3, -0.25) is 4.98 Å². The van der Waals surface area contributed by atoms with Crippen molar-refractivity contribution in [2.45, 2.75) is 0 Å². The number of hydrogen-bond acceptors (Lipinski definition) is 1. The summed E-state index contributed by atoms with van der Waals surface area (Å²) in [5.74, 6) is 0. The van der Waals surface area contributed by atoms with Crippen molar-refractivity contribution in [2.24, 2.45) is 0 Å². The Bertz CT molecular complexity index is 80.0. The van der Waals surface area contributed by atoms with E-state index in [4.69, 9.17) is 0 Å². The molecule has 0 aliphatic carbocycles. The third-order valence-electron chi connectivity index (χ3n) is 0.566. The van der Waals surface area contributed by atoms with Crippen molar-refractivity contribution in [1.82, 2.24) is 4.98 Å². The zero-order valence-corrected chi connectivity index (χ0v) is 4.71. The molecule has 0 N–H and O–H groups in total. The van der Waals surface area contributed by atoms with Gasteiger partial charge in [-0.1, -0.05) is 6.07 Å². The van der Waals surface area contributed by atoms with Crippen LogP contribution in [0, 0.1) is 0 Å². The van der Waals surface area contributed by atoms with E-state index in [2.05, 4.69) is 4.98 Å². The van der Waals surface area contributed by atoms with E-state index in [0.29, 0.717) is 0 Å². The molecule has 39 valence electrons. The van der Waals surface area contributed by atoms with Gasteiger partial charge in [0.1, 0.15) is 0 Å². The third-order valence-corrected chi connectivity index (χ3v) is 0.566. The Kier molecular flexibility index (Phi) is 3.65. The summed E-state index contributed by atoms with van der Waals surface area (Å²) in [5.41, 5.74) is 0. The van der Waals surface area contributed by atoms with E-state index in [0.717, 1.165) is 0 Å². The Morgan fingerprint density at radius 1 is 0.857 bits per heavy atom. The molecule has 0 unspecified atom stereocenters. The molecule has 0 bridgehead atoms. The fraction of sp³-hybridized carbons (Fsp3) is 0. The van der Waals surface area contributed by atoms with Crippen LogP contribution in [0.2, 0.25) is 0 Å². The first kappa shape index (κ1) is 6.66. The molecule has 1 heterocycles. The number of nitrogens with zero attached hydrogens (tertiary/aromatic N) is 1. The summed E-state index contributed by atoms with van der Waals surface area (Å²) in [4.78, 5) is 3.78. The molecule has 0 aliphatic rings. The van der Waals surface area contributed by atoms with E-state index in [1.165, 1.54) is 0 Å². The van der Waals surface area contributed by atoms with Gasteiger partial charge in [0.25, 0.3) is 0 Å². The predicted molar refractivity (Wildman–Crippen MR) is 24.2 cm³/mol. The molecule has 1 aromatic heterocycles. The molecule has 1 aromatic rings. The van der Waals surface area contributed by atoms with Crippen LogP contribution in [-0.4, -0.2) is 4.98 Å². The van der Waals surface area contributed by atoms with Crippen molar-refractivity contribution >= 4 is 0 Å². The Labute approximate surface area is 53.0 Å². The maximum absolute atomic E-state index is 3.78. The van der Waals surface area contributed by atoms with Gasteiger partial charge in [0.05, 0.1) is 0 Å². The summed E-state index contributed by atoms with van der Waals surface area (Å²) in [6.07, 6.45) is 3.50. The van der Waals surface area contributed by atoms with E-state index in [1.807, 2.05) is 18.2 Å². The first-order valence-electron chi connectivity index (χ1n) is 1.85. The van der Waals surface area contributed by atoms with Crippen LogP contribution in [0.15, 0.2) is 30.6 Å². The molecule has 0 saturated carbocycles. The maximum atomic E-state index is 3.78. The van der Waals surface area contributed by atoms with Gasteiger partial charge in [0, 0.05) is 29.2 Å². The molecule has 1 radical (unpaired) electrons. The minimum atomic E-state index is 0. The molecule has 0 atom stereocenters. The third kappa shape index (κ3) is 2.36. The predicted octanol–water partition coefficient (Wildman–Crippen LogP) is 1.08. The van der Waals surface area contributed by atoms with Crippen LogP contribution in [-0.2, 0) is 16.8 Å². The van der Waals surface area contributed by atoms with Crippen molar-refractivity contribution < 1.29 is 16.8 Å². The van der Waals surface area contributed by atoms with Gasteiger partial charge >= 0.3 is 0 Å². The molecule has 0 amide bonds. The molecular weight excluding hydrogens is 133 g/mol. The monoisotopic (exact) mass is 138 g/mol. The van der Waals surface area contributed by atoms with Crippen LogP contribution in [0.3, 0.4) is 0 Å². The summed E-state index contributed by atoms with van der Waals surface area (Å²) >= 11 is 0. The smallest absolute Gasteiger partial charge is 0.0267 e. The largest absolute Gasteiger partial charge is 0.265 e. The van der Waals surface area contributed by atoms with Gasteiger partial charge < -0.3 is 0 Å². The number of rotatable bonds is 0. The minimum Gasteiger partial charge on any atom is -0.265 e. The van der Waals surface area contributed by atoms with Gasteiger partial charge in [0.15, 0.2) is 0 Å². The Morgan fingerprint density at radius 3 is 1.57 bits per heavy atom. The standard InChI is InChI=1S/C5H5N.Co/c1-2-4-6-5-3-1;/h1-5H;. The van der Waals surface area contributed by atoms with Crippen LogP contribution in [0.25, 0.3) is 0 Å². The van der Waals surface area contributed by atoms with Crippen molar-refractivity contribution in [3.8, 4) is 0 Å². The minimum absolute atomic E-state index is 0. The Morgan fingerprint density at radius 2 is 1.43 bits per heavy atom. The van der Waals surface area contributed by atoms with Gasteiger partial charge in [-0.25, -0.2) is 0 Å². The van der Waals surface area contributed by atoms with E-state index in [9.17, 15) is 0 Å². The summed E-state index contributed by atoms with van der Waals surface area (Å²) in [5, 5.41) is 0. The van der Waals surface area contributed by atoms with Gasteiger partial charge in [-0.05, 0) is 12.1 Å². The quantitative estimate of drug-likeness (QED) is 0.522. The average molecular weight is 138 g/mol. The van der Waals surface area contributed by atoms with Crippen LogP contribution in [0.5, 0.6) is 0 Å². The van der Waals surface area contributed by atoms with Gasteiger partial charge in [-0.2, -0.15) is 0 Å². The molecule has 1 nitrogen and oxygen atoms in total. The summed E-state index contributed by atoms with van der Waals surface area (Å²) in [7, 11) is 0. The van der Waals surface area contributed by atoms with Crippen molar-refractivity contribution in [3.63, 3.8) is 0 Å². The summed E-state index contributed by atoms with van der Waals surface area (Å²) in [6, 6.07) is 5.72. The number of pyridine rings is 1. The first-order valence-corrected chi connectivity index (χ1v) is 1.85. The zero-order chi connectivity index (χ0) is 4.24. The van der Waals surface area contributed by atoms with Crippen molar-refractivity contribution in [3.05, 3.63) is 30.6 Å². The van der Waals surface area contributed by atoms with Crippen molar-refractivity contribution in [1.29, 1.82) is 0 Å². The topological polar surface area (TPSA) is 12.9 Å². The normalized spacial score (nSPS) is 6.86. The molecule has 1 rings (SSSR count). The fourth-order valence-corrected chi connectivity index (χ4v) is 0.313. The molecule has 0 fully saturated rings. The van der Waals surface area contributed by atoms with Gasteiger partial charge in [-0.15, -0.1) is 0 Å². The van der Waals surface area contributed by atoms with E-state index < -0.39 is 0 Å². The summed E-state index contributed by atoms with van der Waals surface area (Å²) < 4.78 is 0. The average Bonchev–Trinajstić information content (AvgIpc) is 1.72. The van der Waals surface area contributed by atoms with Crippen LogP contribution >= 0.6 is 0 Å². The fourth-order valence-electron chi connectivity index (χ4n) is 0.313. The number of aromatic nitrogens is 1. The second kappa shape index (κ2) is 3.83. The van der Waals surface area contributed by atoms with Crippen molar-refractivity contribution in [2.75, 3.05) is 0 Å². The molecule has 0 spiro atoms. The SMILES string of the molecule is [Co].c1ccncc1. The van der Waals surface area contributed by atoms with Gasteiger partial charge in [0.2, 0.25) is 0 Å². The molecule has 0 aliphatic heterocycles. The van der Waals surface area contributed by atoms with Crippen LogP contribution < -0.4 is 0 Å². The molecule has 7 heavy (non-hydrogen) atoms.